The molecule has 0 amide bonds. The van der Waals surface area contributed by atoms with Gasteiger partial charge < -0.3 is 15.1 Å². The van der Waals surface area contributed by atoms with Crippen molar-refractivity contribution >= 4 is 0 Å². The maximum absolute atomic E-state index is 3.46. The van der Waals surface area contributed by atoms with Gasteiger partial charge >= 0.3 is 0 Å². The van der Waals surface area contributed by atoms with Crippen molar-refractivity contribution in [3.8, 4) is 0 Å². The highest BCUT2D eigenvalue weighted by Crippen LogP contribution is 2.22. The Morgan fingerprint density at radius 1 is 1.39 bits per heavy atom. The molecule has 1 rings (SSSR count). The first kappa shape index (κ1) is 15.9. The van der Waals surface area contributed by atoms with Crippen molar-refractivity contribution in [2.24, 2.45) is 5.41 Å². The smallest absolute Gasteiger partial charge is 0.0220 e. The van der Waals surface area contributed by atoms with E-state index in [1.165, 1.54) is 38.9 Å². The molecule has 3 heteroatoms. The Morgan fingerprint density at radius 3 is 2.50 bits per heavy atom. The predicted octanol–water partition coefficient (Wildman–Crippen LogP) is 2.04. The molecule has 0 aromatic rings. The van der Waals surface area contributed by atoms with Gasteiger partial charge in [-0.2, -0.15) is 0 Å². The van der Waals surface area contributed by atoms with Crippen LogP contribution in [0.5, 0.6) is 0 Å². The fraction of sp³-hybridized carbons (Fsp3) is 1.00. The largest absolute Gasteiger partial charge is 0.316 e. The lowest BCUT2D eigenvalue weighted by molar-refractivity contribution is 0.193. The number of rotatable bonds is 6. The second kappa shape index (κ2) is 6.88. The van der Waals surface area contributed by atoms with Gasteiger partial charge in [0.1, 0.15) is 0 Å². The molecule has 108 valence electrons. The van der Waals surface area contributed by atoms with Gasteiger partial charge in [-0.25, -0.2) is 0 Å². The third kappa shape index (κ3) is 4.87. The summed E-state index contributed by atoms with van der Waals surface area (Å²) >= 11 is 0. The summed E-state index contributed by atoms with van der Waals surface area (Å²) in [5.74, 6) is 0. The van der Waals surface area contributed by atoms with Crippen molar-refractivity contribution in [3.63, 3.8) is 0 Å². The molecule has 1 aliphatic heterocycles. The van der Waals surface area contributed by atoms with E-state index < -0.39 is 0 Å². The van der Waals surface area contributed by atoms with Crippen LogP contribution < -0.4 is 5.32 Å². The second-order valence-electron chi connectivity index (χ2n) is 7.03. The minimum Gasteiger partial charge on any atom is -0.316 e. The first-order valence-electron chi connectivity index (χ1n) is 7.40. The first-order chi connectivity index (χ1) is 8.34. The van der Waals surface area contributed by atoms with Crippen molar-refractivity contribution < 1.29 is 0 Å². The summed E-state index contributed by atoms with van der Waals surface area (Å²) in [6, 6.07) is 1.37. The average Bonchev–Trinajstić information content (AvgIpc) is 2.63. The topological polar surface area (TPSA) is 18.5 Å². The van der Waals surface area contributed by atoms with Crippen molar-refractivity contribution in [2.75, 3.05) is 40.8 Å². The Hall–Kier alpha value is -0.120. The lowest BCUT2D eigenvalue weighted by Gasteiger charge is -2.33. The van der Waals surface area contributed by atoms with Crippen molar-refractivity contribution in [1.82, 2.24) is 15.1 Å². The molecule has 1 N–H and O–H groups in total. The Labute approximate surface area is 114 Å². The molecule has 1 heterocycles. The molecule has 0 aromatic heterocycles. The van der Waals surface area contributed by atoms with E-state index in [0.29, 0.717) is 11.5 Å². The fourth-order valence-corrected chi connectivity index (χ4v) is 3.02. The monoisotopic (exact) mass is 255 g/mol. The van der Waals surface area contributed by atoms with Gasteiger partial charge in [-0.1, -0.05) is 20.8 Å². The molecular weight excluding hydrogens is 222 g/mol. The summed E-state index contributed by atoms with van der Waals surface area (Å²) in [7, 11) is 6.61. The maximum Gasteiger partial charge on any atom is 0.0220 e. The third-order valence-corrected chi connectivity index (χ3v) is 4.39. The van der Waals surface area contributed by atoms with Crippen LogP contribution in [-0.2, 0) is 0 Å². The fourth-order valence-electron chi connectivity index (χ4n) is 3.02. The highest BCUT2D eigenvalue weighted by Gasteiger charge is 2.25. The molecule has 3 nitrogen and oxygen atoms in total. The Bertz CT molecular complexity index is 234. The van der Waals surface area contributed by atoms with E-state index in [9.17, 15) is 0 Å². The highest BCUT2D eigenvalue weighted by molar-refractivity contribution is 4.82. The molecule has 0 aliphatic carbocycles. The van der Waals surface area contributed by atoms with Gasteiger partial charge in [-0.15, -0.1) is 0 Å². The Kier molecular flexibility index (Phi) is 6.09. The lowest BCUT2D eigenvalue weighted by atomic mass is 9.85. The Morgan fingerprint density at radius 2 is 2.06 bits per heavy atom. The van der Waals surface area contributed by atoms with E-state index in [4.69, 9.17) is 0 Å². The number of likely N-dealkylation sites (tertiary alicyclic amines) is 1. The minimum absolute atomic E-state index is 0.347. The van der Waals surface area contributed by atoms with Gasteiger partial charge in [0, 0.05) is 18.6 Å². The van der Waals surface area contributed by atoms with Gasteiger partial charge in [-0.3, -0.25) is 0 Å². The van der Waals surface area contributed by atoms with Gasteiger partial charge in [-0.05, 0) is 58.9 Å². The molecule has 1 aliphatic rings. The van der Waals surface area contributed by atoms with Gasteiger partial charge in [0.05, 0.1) is 0 Å². The molecule has 18 heavy (non-hydrogen) atoms. The zero-order chi connectivity index (χ0) is 13.8. The summed E-state index contributed by atoms with van der Waals surface area (Å²) in [4.78, 5) is 5.01. The maximum atomic E-state index is 3.46. The van der Waals surface area contributed by atoms with Crippen LogP contribution in [0.4, 0.5) is 0 Å². The van der Waals surface area contributed by atoms with E-state index in [-0.39, 0.29) is 0 Å². The lowest BCUT2D eigenvalue weighted by Crippen LogP contribution is -2.42. The quantitative estimate of drug-likeness (QED) is 0.783. The number of nitrogens with one attached hydrogen (secondary N) is 1. The molecule has 0 aromatic carbocycles. The zero-order valence-corrected chi connectivity index (χ0v) is 13.3. The van der Waals surface area contributed by atoms with Crippen LogP contribution in [0.15, 0.2) is 0 Å². The van der Waals surface area contributed by atoms with E-state index in [1.807, 2.05) is 0 Å². The number of hydrogen-bond donors (Lipinski definition) is 1. The van der Waals surface area contributed by atoms with Crippen LogP contribution >= 0.6 is 0 Å². The van der Waals surface area contributed by atoms with Gasteiger partial charge in [0.15, 0.2) is 0 Å². The number of likely N-dealkylation sites (N-methyl/N-ethyl adjacent to an activating group) is 2. The zero-order valence-electron chi connectivity index (χ0n) is 13.3. The summed E-state index contributed by atoms with van der Waals surface area (Å²) in [5, 5.41) is 3.46. The van der Waals surface area contributed by atoms with E-state index >= 15 is 0 Å². The van der Waals surface area contributed by atoms with Crippen LogP contribution in [-0.4, -0.2) is 62.7 Å². The third-order valence-electron chi connectivity index (χ3n) is 4.39. The molecule has 0 radical (unpaired) electrons. The van der Waals surface area contributed by atoms with E-state index in [0.717, 1.165) is 6.04 Å². The predicted molar refractivity (Wildman–Crippen MR) is 80.1 cm³/mol. The molecule has 0 saturated carbocycles. The Balaban J connectivity index is 2.29. The van der Waals surface area contributed by atoms with Crippen LogP contribution in [0, 0.1) is 5.41 Å². The standard InChI is InChI=1S/C15H33N3/c1-15(2,3)14(16-4)9-11-17(5)12-13-8-7-10-18(13)6/h13-14,16H,7-12H2,1-6H3. The first-order valence-corrected chi connectivity index (χ1v) is 7.40. The molecule has 1 saturated heterocycles. The number of hydrogen-bond acceptors (Lipinski definition) is 3. The van der Waals surface area contributed by atoms with E-state index in [1.54, 1.807) is 0 Å². The van der Waals surface area contributed by atoms with Gasteiger partial charge in [0.2, 0.25) is 0 Å². The second-order valence-corrected chi connectivity index (χ2v) is 7.03. The van der Waals surface area contributed by atoms with Crippen LogP contribution in [0.2, 0.25) is 0 Å². The van der Waals surface area contributed by atoms with Crippen molar-refractivity contribution in [2.45, 2.75) is 52.1 Å². The molecule has 2 atom stereocenters. The number of nitrogens with zero attached hydrogens (tertiary/aromatic N) is 2. The normalized spacial score (nSPS) is 23.8. The SMILES string of the molecule is CNC(CCN(C)CC1CCCN1C)C(C)(C)C. The minimum atomic E-state index is 0.347. The highest BCUT2D eigenvalue weighted by atomic mass is 15.2. The van der Waals surface area contributed by atoms with E-state index in [2.05, 4.69) is 57.0 Å². The van der Waals surface area contributed by atoms with Crippen LogP contribution in [0.1, 0.15) is 40.0 Å². The average molecular weight is 255 g/mol. The van der Waals surface area contributed by atoms with Crippen molar-refractivity contribution in [1.29, 1.82) is 0 Å². The van der Waals surface area contributed by atoms with Gasteiger partial charge in [0.25, 0.3) is 0 Å². The summed E-state index contributed by atoms with van der Waals surface area (Å²) in [6.45, 7) is 10.6. The summed E-state index contributed by atoms with van der Waals surface area (Å²) < 4.78 is 0. The molecule has 1 fully saturated rings. The van der Waals surface area contributed by atoms with Crippen LogP contribution in [0.25, 0.3) is 0 Å². The van der Waals surface area contributed by atoms with Crippen molar-refractivity contribution in [3.05, 3.63) is 0 Å². The van der Waals surface area contributed by atoms with Crippen LogP contribution in [0.3, 0.4) is 0 Å². The molecule has 2 unspecified atom stereocenters. The summed E-state index contributed by atoms with van der Waals surface area (Å²) in [6.07, 6.45) is 3.97. The molecular formula is C15H33N3. The molecule has 0 spiro atoms. The summed E-state index contributed by atoms with van der Waals surface area (Å²) in [5.41, 5.74) is 0.347. The molecule has 0 bridgehead atoms.